The molecule has 2 aliphatic heterocycles. The molecule has 1 aromatic rings. The van der Waals surface area contributed by atoms with Crippen LogP contribution in [0, 0.1) is 22.7 Å². The molecule has 224 valence electrons. The van der Waals surface area contributed by atoms with Gasteiger partial charge < -0.3 is 25.0 Å². The Hall–Kier alpha value is -3.49. The predicted octanol–water partition coefficient (Wildman–Crippen LogP) is 4.22. The number of nitriles is 1. The summed E-state index contributed by atoms with van der Waals surface area (Å²) < 4.78 is 46.6. The quantitative estimate of drug-likeness (QED) is 0.477. The van der Waals surface area contributed by atoms with E-state index >= 15 is 0 Å². The summed E-state index contributed by atoms with van der Waals surface area (Å²) in [4.78, 5) is 40.9. The molecule has 0 aromatic heterocycles. The van der Waals surface area contributed by atoms with Crippen molar-refractivity contribution in [2.75, 3.05) is 13.2 Å². The molecule has 3 aliphatic rings. The fourth-order valence-corrected chi connectivity index (χ4v) is 6.27. The van der Waals surface area contributed by atoms with E-state index in [1.165, 1.54) is 17.0 Å². The lowest BCUT2D eigenvalue weighted by molar-refractivity contribution is -0.274. The van der Waals surface area contributed by atoms with Gasteiger partial charge in [0.1, 0.15) is 23.6 Å². The summed E-state index contributed by atoms with van der Waals surface area (Å²) in [6.07, 6.45) is 2.12. The van der Waals surface area contributed by atoms with Crippen LogP contribution in [0.1, 0.15) is 71.6 Å². The number of halogens is 3. The maximum atomic E-state index is 13.5. The minimum atomic E-state index is -4.82. The Bertz CT molecular complexity index is 1160. The van der Waals surface area contributed by atoms with Gasteiger partial charge in [0.05, 0.1) is 6.07 Å². The fraction of sp³-hybridized carbons (Fsp3) is 0.655. The molecule has 3 amide bonds. The van der Waals surface area contributed by atoms with E-state index in [9.17, 15) is 32.8 Å². The van der Waals surface area contributed by atoms with Crippen molar-refractivity contribution in [3.8, 4) is 17.6 Å². The van der Waals surface area contributed by atoms with E-state index in [4.69, 9.17) is 4.74 Å². The zero-order chi connectivity index (χ0) is 29.8. The molecule has 2 heterocycles. The van der Waals surface area contributed by atoms with Gasteiger partial charge in [0.15, 0.2) is 6.61 Å². The predicted molar refractivity (Wildman–Crippen MR) is 141 cm³/mol. The summed E-state index contributed by atoms with van der Waals surface area (Å²) in [5, 5.41) is 15.5. The number of alkyl halides is 3. The number of benzene rings is 1. The fourth-order valence-electron chi connectivity index (χ4n) is 6.27. The average Bonchev–Trinajstić information content (AvgIpc) is 3.27. The van der Waals surface area contributed by atoms with Crippen LogP contribution in [0.25, 0.3) is 0 Å². The van der Waals surface area contributed by atoms with Gasteiger partial charge in [0.25, 0.3) is 5.91 Å². The Labute approximate surface area is 237 Å². The van der Waals surface area contributed by atoms with Crippen LogP contribution in [0.5, 0.6) is 11.5 Å². The number of hydrogen-bond acceptors (Lipinski definition) is 6. The SMILES string of the molecule is CC1(C)CC[C@@H](C[C@@H](C#N)NC(=O)[C@@H]2CC3(CCCCC3)CN2C(=O)COc2ccc(OC(F)(F)F)cc2)C(=O)N1. The third kappa shape index (κ3) is 8.05. The van der Waals surface area contributed by atoms with E-state index in [0.29, 0.717) is 19.4 Å². The Kier molecular flexibility index (Phi) is 9.04. The van der Waals surface area contributed by atoms with E-state index in [0.717, 1.165) is 50.7 Å². The van der Waals surface area contributed by atoms with Gasteiger partial charge in [0.2, 0.25) is 11.8 Å². The van der Waals surface area contributed by atoms with Gasteiger partial charge in [-0.25, -0.2) is 0 Å². The molecule has 1 aromatic carbocycles. The van der Waals surface area contributed by atoms with Gasteiger partial charge in [-0.3, -0.25) is 14.4 Å². The molecule has 2 N–H and O–H groups in total. The Balaban J connectivity index is 1.40. The van der Waals surface area contributed by atoms with Crippen molar-refractivity contribution < 1.29 is 37.0 Å². The van der Waals surface area contributed by atoms with Crippen LogP contribution in [0.2, 0.25) is 0 Å². The van der Waals surface area contributed by atoms with Crippen molar-refractivity contribution in [3.05, 3.63) is 24.3 Å². The Morgan fingerprint density at radius 3 is 2.41 bits per heavy atom. The number of nitrogens with one attached hydrogen (secondary N) is 2. The molecule has 1 saturated carbocycles. The van der Waals surface area contributed by atoms with Crippen molar-refractivity contribution in [2.24, 2.45) is 11.3 Å². The van der Waals surface area contributed by atoms with Gasteiger partial charge in [-0.05, 0) is 82.1 Å². The van der Waals surface area contributed by atoms with Crippen molar-refractivity contribution >= 4 is 17.7 Å². The number of likely N-dealkylation sites (tertiary alicyclic amines) is 1. The lowest BCUT2D eigenvalue weighted by atomic mass is 9.72. The van der Waals surface area contributed by atoms with Crippen molar-refractivity contribution in [1.29, 1.82) is 5.26 Å². The number of rotatable bonds is 8. The molecule has 1 spiro atoms. The average molecular weight is 579 g/mol. The van der Waals surface area contributed by atoms with Gasteiger partial charge in [-0.2, -0.15) is 5.26 Å². The zero-order valence-corrected chi connectivity index (χ0v) is 23.4. The first-order chi connectivity index (χ1) is 19.3. The molecule has 2 saturated heterocycles. The highest BCUT2D eigenvalue weighted by Gasteiger charge is 2.49. The van der Waals surface area contributed by atoms with Gasteiger partial charge in [0, 0.05) is 18.0 Å². The molecular formula is C29H37F3N4O5. The molecular weight excluding hydrogens is 541 g/mol. The number of piperidine rings is 1. The van der Waals surface area contributed by atoms with Gasteiger partial charge in [-0.1, -0.05) is 19.3 Å². The Morgan fingerprint density at radius 1 is 1.15 bits per heavy atom. The van der Waals surface area contributed by atoms with E-state index in [1.54, 1.807) is 0 Å². The monoisotopic (exact) mass is 578 g/mol. The third-order valence-corrected chi connectivity index (χ3v) is 8.41. The Morgan fingerprint density at radius 2 is 1.80 bits per heavy atom. The second-order valence-corrected chi connectivity index (χ2v) is 12.1. The standard InChI is InChI=1S/C29H37F3N4O5/c1-27(2)13-10-19(25(38)35-27)14-20(16-33)34-26(39)23-15-28(11-4-3-5-12-28)18-36(23)24(37)17-40-21-6-8-22(9-7-21)41-29(30,31)32/h6-9,19-20,23H,3-5,10-15,17-18H2,1-2H3,(H,34,39)(H,35,38)/t19-,20-,23-/m0/s1. The summed E-state index contributed by atoms with van der Waals surface area (Å²) in [6.45, 7) is 3.87. The van der Waals surface area contributed by atoms with Crippen LogP contribution in [0.4, 0.5) is 13.2 Å². The first kappa shape index (κ1) is 30.5. The zero-order valence-electron chi connectivity index (χ0n) is 23.4. The summed E-state index contributed by atoms with van der Waals surface area (Å²) in [5.74, 6) is -1.61. The number of hydrogen-bond donors (Lipinski definition) is 2. The molecule has 3 fully saturated rings. The van der Waals surface area contributed by atoms with Gasteiger partial charge >= 0.3 is 6.36 Å². The summed E-state index contributed by atoms with van der Waals surface area (Å²) in [5.41, 5.74) is -0.498. The number of ether oxygens (including phenoxy) is 2. The van der Waals surface area contributed by atoms with E-state index in [2.05, 4.69) is 21.4 Å². The molecule has 0 radical (unpaired) electrons. The maximum absolute atomic E-state index is 13.5. The normalized spacial score (nSPS) is 24.2. The highest BCUT2D eigenvalue weighted by atomic mass is 19.4. The second kappa shape index (κ2) is 12.2. The molecule has 4 rings (SSSR count). The lowest BCUT2D eigenvalue weighted by Crippen LogP contribution is -2.53. The minimum absolute atomic E-state index is 0.135. The maximum Gasteiger partial charge on any atom is 0.573 e. The van der Waals surface area contributed by atoms with Gasteiger partial charge in [-0.15, -0.1) is 13.2 Å². The topological polar surface area (TPSA) is 121 Å². The van der Waals surface area contributed by atoms with Crippen molar-refractivity contribution in [1.82, 2.24) is 15.5 Å². The summed E-state index contributed by atoms with van der Waals surface area (Å²) in [7, 11) is 0. The highest BCUT2D eigenvalue weighted by molar-refractivity contribution is 5.89. The summed E-state index contributed by atoms with van der Waals surface area (Å²) >= 11 is 0. The van der Waals surface area contributed by atoms with E-state index in [-0.39, 0.29) is 34.9 Å². The lowest BCUT2D eigenvalue weighted by Gasteiger charge is -2.35. The first-order valence-electron chi connectivity index (χ1n) is 14.1. The molecule has 41 heavy (non-hydrogen) atoms. The van der Waals surface area contributed by atoms with Crippen LogP contribution in [-0.2, 0) is 14.4 Å². The third-order valence-electron chi connectivity index (χ3n) is 8.41. The number of carbonyl (C=O) groups excluding carboxylic acids is 3. The molecule has 3 atom stereocenters. The van der Waals surface area contributed by atoms with E-state index in [1.807, 2.05) is 13.8 Å². The second-order valence-electron chi connectivity index (χ2n) is 12.1. The van der Waals surface area contributed by atoms with Crippen LogP contribution >= 0.6 is 0 Å². The van der Waals surface area contributed by atoms with Crippen LogP contribution in [-0.4, -0.2) is 59.8 Å². The van der Waals surface area contributed by atoms with E-state index < -0.39 is 42.6 Å². The highest BCUT2D eigenvalue weighted by Crippen LogP contribution is 2.46. The van der Waals surface area contributed by atoms with Crippen molar-refractivity contribution in [3.63, 3.8) is 0 Å². The number of nitrogens with zero attached hydrogens (tertiary/aromatic N) is 2. The smallest absolute Gasteiger partial charge is 0.484 e. The number of carbonyl (C=O) groups is 3. The molecule has 0 bridgehead atoms. The van der Waals surface area contributed by atoms with Crippen LogP contribution < -0.4 is 20.1 Å². The minimum Gasteiger partial charge on any atom is -0.484 e. The largest absolute Gasteiger partial charge is 0.573 e. The van der Waals surface area contributed by atoms with Crippen LogP contribution in [0.3, 0.4) is 0 Å². The summed E-state index contributed by atoms with van der Waals surface area (Å²) in [6, 6.07) is 5.15. The molecule has 9 nitrogen and oxygen atoms in total. The molecule has 12 heteroatoms. The first-order valence-corrected chi connectivity index (χ1v) is 14.1. The number of amides is 3. The molecule has 1 aliphatic carbocycles. The van der Waals surface area contributed by atoms with Crippen molar-refractivity contribution in [2.45, 2.75) is 95.6 Å². The van der Waals surface area contributed by atoms with Crippen LogP contribution in [0.15, 0.2) is 24.3 Å². The molecule has 0 unspecified atom stereocenters.